The maximum Gasteiger partial charge on any atom is 0.134 e. The van der Waals surface area contributed by atoms with E-state index in [1.807, 2.05) is 25.1 Å². The van der Waals surface area contributed by atoms with Crippen LogP contribution in [-0.4, -0.2) is 85.6 Å². The van der Waals surface area contributed by atoms with Crippen molar-refractivity contribution in [2.75, 3.05) is 69.8 Å². The van der Waals surface area contributed by atoms with Gasteiger partial charge in [-0.1, -0.05) is 24.3 Å². The number of rotatable bonds is 8. The van der Waals surface area contributed by atoms with Gasteiger partial charge < -0.3 is 25.0 Å². The maximum atomic E-state index is 11.3. The van der Waals surface area contributed by atoms with E-state index in [-0.39, 0.29) is 0 Å². The maximum absolute atomic E-state index is 11.3. The van der Waals surface area contributed by atoms with Gasteiger partial charge in [0.2, 0.25) is 0 Å². The number of anilines is 2. The van der Waals surface area contributed by atoms with Gasteiger partial charge in [0.05, 0.1) is 18.8 Å². The smallest absolute Gasteiger partial charge is 0.134 e. The lowest BCUT2D eigenvalue weighted by Gasteiger charge is -2.40. The van der Waals surface area contributed by atoms with Crippen LogP contribution < -0.4 is 15.1 Å². The Hall–Kier alpha value is -2.26. The average molecular weight is 441 g/mol. The van der Waals surface area contributed by atoms with Crippen molar-refractivity contribution in [3.8, 4) is 0 Å². The van der Waals surface area contributed by atoms with Crippen LogP contribution in [0.25, 0.3) is 0 Å². The first kappa shape index (κ1) is 22.9. The highest BCUT2D eigenvalue weighted by atomic mass is 16.5. The molecule has 1 atom stereocenters. The summed E-state index contributed by atoms with van der Waals surface area (Å²) in [4.78, 5) is 15.3. The molecule has 0 aliphatic carbocycles. The molecule has 0 radical (unpaired) electrons. The molecule has 0 unspecified atom stereocenters. The van der Waals surface area contributed by atoms with Gasteiger partial charge in [0.15, 0.2) is 0 Å². The first-order valence-electron chi connectivity index (χ1n) is 11.6. The SMILES string of the molecule is CN(C)c1cc(N2CCC[C@@](O)(CNCc3cccc(CN4CCOCC4)c3)C2)ncn1. The molecular weight excluding hydrogens is 404 g/mol. The molecule has 0 spiro atoms. The van der Waals surface area contributed by atoms with Crippen LogP contribution in [0.2, 0.25) is 0 Å². The lowest BCUT2D eigenvalue weighted by Crippen LogP contribution is -2.53. The minimum Gasteiger partial charge on any atom is -0.387 e. The summed E-state index contributed by atoms with van der Waals surface area (Å²) in [7, 11) is 3.94. The Morgan fingerprint density at radius 2 is 1.94 bits per heavy atom. The van der Waals surface area contributed by atoms with E-state index in [4.69, 9.17) is 4.74 Å². The van der Waals surface area contributed by atoms with Gasteiger partial charge in [-0.05, 0) is 24.0 Å². The molecule has 0 saturated carbocycles. The van der Waals surface area contributed by atoms with Gasteiger partial charge >= 0.3 is 0 Å². The Morgan fingerprint density at radius 1 is 1.12 bits per heavy atom. The highest BCUT2D eigenvalue weighted by Gasteiger charge is 2.33. The Balaban J connectivity index is 1.30. The number of β-amino-alcohol motifs (C(OH)–C–C–N with tert-alkyl or cyclic N) is 1. The fourth-order valence-corrected chi connectivity index (χ4v) is 4.50. The van der Waals surface area contributed by atoms with E-state index in [1.54, 1.807) is 6.33 Å². The van der Waals surface area contributed by atoms with Crippen LogP contribution in [0.4, 0.5) is 11.6 Å². The number of nitrogens with zero attached hydrogens (tertiary/aromatic N) is 5. The van der Waals surface area contributed by atoms with E-state index in [9.17, 15) is 5.11 Å². The quantitative estimate of drug-likeness (QED) is 0.640. The number of piperidine rings is 1. The average Bonchev–Trinajstić information content (AvgIpc) is 2.80. The molecule has 4 rings (SSSR count). The van der Waals surface area contributed by atoms with Gasteiger partial charge in [-0.2, -0.15) is 0 Å². The summed E-state index contributed by atoms with van der Waals surface area (Å²) in [6, 6.07) is 10.7. The van der Waals surface area contributed by atoms with Gasteiger partial charge in [-0.3, -0.25) is 4.90 Å². The largest absolute Gasteiger partial charge is 0.387 e. The van der Waals surface area contributed by atoms with E-state index >= 15 is 0 Å². The molecule has 32 heavy (non-hydrogen) atoms. The lowest BCUT2D eigenvalue weighted by molar-refractivity contribution is 0.0259. The van der Waals surface area contributed by atoms with Gasteiger partial charge in [0.1, 0.15) is 18.0 Å². The van der Waals surface area contributed by atoms with Gasteiger partial charge in [0, 0.05) is 66.0 Å². The first-order chi connectivity index (χ1) is 15.5. The van der Waals surface area contributed by atoms with E-state index in [0.717, 1.165) is 70.4 Å². The second kappa shape index (κ2) is 10.6. The summed E-state index contributed by atoms with van der Waals surface area (Å²) in [5.41, 5.74) is 1.81. The number of morpholine rings is 1. The fraction of sp³-hybridized carbons (Fsp3) is 0.583. The van der Waals surface area contributed by atoms with Crippen LogP contribution in [0.3, 0.4) is 0 Å². The van der Waals surface area contributed by atoms with Crippen molar-refractivity contribution in [3.63, 3.8) is 0 Å². The zero-order chi connectivity index (χ0) is 22.4. The summed E-state index contributed by atoms with van der Waals surface area (Å²) in [6.07, 6.45) is 3.33. The van der Waals surface area contributed by atoms with E-state index < -0.39 is 5.60 Å². The summed E-state index contributed by atoms with van der Waals surface area (Å²) < 4.78 is 5.45. The predicted molar refractivity (Wildman–Crippen MR) is 127 cm³/mol. The number of hydrogen-bond acceptors (Lipinski definition) is 8. The molecule has 8 heteroatoms. The minimum absolute atomic E-state index is 0.558. The van der Waals surface area contributed by atoms with Crippen molar-refractivity contribution < 1.29 is 9.84 Å². The fourth-order valence-electron chi connectivity index (χ4n) is 4.50. The lowest BCUT2D eigenvalue weighted by atomic mass is 9.92. The third kappa shape index (κ3) is 6.16. The van der Waals surface area contributed by atoms with E-state index in [2.05, 4.69) is 49.4 Å². The number of nitrogens with one attached hydrogen (secondary N) is 1. The molecule has 0 amide bonds. The van der Waals surface area contributed by atoms with Crippen LogP contribution in [0, 0.1) is 0 Å². The Morgan fingerprint density at radius 3 is 2.75 bits per heavy atom. The molecule has 174 valence electrons. The highest BCUT2D eigenvalue weighted by molar-refractivity contribution is 5.49. The summed E-state index contributed by atoms with van der Waals surface area (Å²) >= 11 is 0. The minimum atomic E-state index is -0.771. The molecule has 2 fully saturated rings. The van der Waals surface area contributed by atoms with Gasteiger partial charge in [0.25, 0.3) is 0 Å². The van der Waals surface area contributed by atoms with Crippen LogP contribution in [-0.2, 0) is 17.8 Å². The van der Waals surface area contributed by atoms with Crippen LogP contribution >= 0.6 is 0 Å². The number of aromatic nitrogens is 2. The van der Waals surface area contributed by atoms with Crippen molar-refractivity contribution in [1.82, 2.24) is 20.2 Å². The molecule has 0 bridgehead atoms. The zero-order valence-electron chi connectivity index (χ0n) is 19.3. The van der Waals surface area contributed by atoms with Crippen molar-refractivity contribution in [2.24, 2.45) is 0 Å². The molecule has 2 saturated heterocycles. The molecule has 1 aromatic heterocycles. The first-order valence-corrected chi connectivity index (χ1v) is 11.6. The Labute approximate surface area is 191 Å². The molecule has 8 nitrogen and oxygen atoms in total. The molecule has 2 aliphatic heterocycles. The zero-order valence-corrected chi connectivity index (χ0v) is 19.3. The second-order valence-electron chi connectivity index (χ2n) is 9.19. The van der Waals surface area contributed by atoms with Gasteiger partial charge in [-0.15, -0.1) is 0 Å². The highest BCUT2D eigenvalue weighted by Crippen LogP contribution is 2.26. The molecule has 1 aromatic carbocycles. The number of ether oxygens (including phenoxy) is 1. The topological polar surface area (TPSA) is 77.0 Å². The monoisotopic (exact) mass is 440 g/mol. The van der Waals surface area contributed by atoms with Crippen LogP contribution in [0.1, 0.15) is 24.0 Å². The van der Waals surface area contributed by atoms with Crippen molar-refractivity contribution in [3.05, 3.63) is 47.8 Å². The van der Waals surface area contributed by atoms with Crippen LogP contribution in [0.15, 0.2) is 36.7 Å². The van der Waals surface area contributed by atoms with E-state index in [1.165, 1.54) is 11.1 Å². The number of benzene rings is 1. The Kier molecular flexibility index (Phi) is 7.57. The predicted octanol–water partition coefficient (Wildman–Crippen LogP) is 1.50. The van der Waals surface area contributed by atoms with Crippen molar-refractivity contribution in [1.29, 1.82) is 0 Å². The third-order valence-electron chi connectivity index (χ3n) is 6.26. The van der Waals surface area contributed by atoms with E-state index in [0.29, 0.717) is 13.1 Å². The normalized spacial score (nSPS) is 22.2. The summed E-state index contributed by atoms with van der Waals surface area (Å²) in [5.74, 6) is 1.75. The molecule has 3 heterocycles. The van der Waals surface area contributed by atoms with Crippen molar-refractivity contribution >= 4 is 11.6 Å². The molecule has 2 aliphatic rings. The number of hydrogen-bond donors (Lipinski definition) is 2. The summed E-state index contributed by atoms with van der Waals surface area (Å²) in [5, 5.41) is 14.7. The van der Waals surface area contributed by atoms with Gasteiger partial charge in [-0.25, -0.2) is 9.97 Å². The standard InChI is InChI=1S/C24H36N6O2/c1-28(2)22-14-23(27-19-26-22)30-8-4-7-24(31,18-30)17-25-15-20-5-3-6-21(13-20)16-29-9-11-32-12-10-29/h3,5-6,13-14,19,25,31H,4,7-12,15-18H2,1-2H3/t24-/m1/s1. The molecule has 2 aromatic rings. The van der Waals surface area contributed by atoms with Crippen molar-refractivity contribution in [2.45, 2.75) is 31.5 Å². The summed E-state index contributed by atoms with van der Waals surface area (Å²) in [6.45, 7) is 7.37. The third-order valence-corrected chi connectivity index (χ3v) is 6.26. The molecule has 2 N–H and O–H groups in total. The number of aliphatic hydroxyl groups is 1. The second-order valence-corrected chi connectivity index (χ2v) is 9.19. The molecular formula is C24H36N6O2. The van der Waals surface area contributed by atoms with Crippen LogP contribution in [0.5, 0.6) is 0 Å². The Bertz CT molecular complexity index is 873.